The van der Waals surface area contributed by atoms with E-state index in [1.54, 1.807) is 17.5 Å². The monoisotopic (exact) mass is 430 g/mol. The summed E-state index contributed by atoms with van der Waals surface area (Å²) in [6, 6.07) is 14.2. The van der Waals surface area contributed by atoms with Gasteiger partial charge in [0.1, 0.15) is 10.7 Å². The largest absolute Gasteiger partial charge is 0.324 e. The minimum Gasteiger partial charge on any atom is -0.324 e. The van der Waals surface area contributed by atoms with E-state index in [2.05, 4.69) is 63.7 Å². The summed E-state index contributed by atoms with van der Waals surface area (Å²) in [5, 5.41) is 7.71. The van der Waals surface area contributed by atoms with Crippen molar-refractivity contribution in [2.24, 2.45) is 0 Å². The molecule has 0 atom stereocenters. The van der Waals surface area contributed by atoms with Crippen LogP contribution in [0.5, 0.6) is 0 Å². The fourth-order valence-electron chi connectivity index (χ4n) is 3.38. The van der Waals surface area contributed by atoms with Crippen LogP contribution in [0.2, 0.25) is 0 Å². The molecule has 0 radical (unpaired) electrons. The topological polar surface area (TPSA) is 75.6 Å². The smallest absolute Gasteiger partial charge is 0.227 e. The lowest BCUT2D eigenvalue weighted by molar-refractivity contribution is 0.683. The zero-order valence-electron chi connectivity index (χ0n) is 18.0. The van der Waals surface area contributed by atoms with Crippen molar-refractivity contribution in [1.82, 2.24) is 25.3 Å². The average Bonchev–Trinajstić information content (AvgIpc) is 3.12. The number of rotatable bonds is 8. The number of thiazole rings is 1. The van der Waals surface area contributed by atoms with Gasteiger partial charge in [0.05, 0.1) is 5.69 Å². The van der Waals surface area contributed by atoms with Gasteiger partial charge in [0.2, 0.25) is 5.95 Å². The zero-order valence-corrected chi connectivity index (χ0v) is 18.8. The minimum atomic E-state index is 0.574. The fourth-order valence-corrected chi connectivity index (χ4v) is 4.38. The second-order valence-corrected chi connectivity index (χ2v) is 8.63. The van der Waals surface area contributed by atoms with Crippen molar-refractivity contribution in [2.75, 3.05) is 11.9 Å². The third-order valence-electron chi connectivity index (χ3n) is 4.81. The Balaban J connectivity index is 1.41. The third kappa shape index (κ3) is 5.71. The molecule has 6 nitrogen and oxygen atoms in total. The van der Waals surface area contributed by atoms with E-state index in [-0.39, 0.29) is 0 Å². The van der Waals surface area contributed by atoms with Crippen molar-refractivity contribution in [1.29, 1.82) is 0 Å². The highest BCUT2D eigenvalue weighted by atomic mass is 32.1. The van der Waals surface area contributed by atoms with Crippen LogP contribution in [-0.4, -0.2) is 26.5 Å². The van der Waals surface area contributed by atoms with Crippen LogP contribution < -0.4 is 10.6 Å². The van der Waals surface area contributed by atoms with Crippen LogP contribution in [0.25, 0.3) is 10.7 Å². The molecular weight excluding hydrogens is 404 g/mol. The van der Waals surface area contributed by atoms with E-state index in [4.69, 9.17) is 4.98 Å². The molecule has 0 aliphatic carbocycles. The Morgan fingerprint density at radius 2 is 1.74 bits per heavy atom. The molecule has 4 aromatic rings. The number of nitrogens with zero attached hydrogens (tertiary/aromatic N) is 4. The molecule has 0 saturated heterocycles. The third-order valence-corrected chi connectivity index (χ3v) is 5.99. The standard InChI is InChI=1S/C24H26N6S/c1-16-12-17(2)14-20(13-16)29-24-27-11-8-21(30-24)23-28-18(3)22(31-23)15-25-10-7-19-6-4-5-9-26-19/h4-6,8-9,11-14,25H,7,10,15H2,1-3H3,(H,27,29,30). The molecule has 0 amide bonds. The van der Waals surface area contributed by atoms with Gasteiger partial charge in [-0.2, -0.15) is 0 Å². The molecule has 0 aliphatic heterocycles. The number of pyridine rings is 1. The lowest BCUT2D eigenvalue weighted by atomic mass is 10.1. The minimum absolute atomic E-state index is 0.574. The second-order valence-electron chi connectivity index (χ2n) is 7.54. The normalized spacial score (nSPS) is 10.9. The van der Waals surface area contributed by atoms with Gasteiger partial charge in [-0.25, -0.2) is 15.0 Å². The number of aromatic nitrogens is 4. The number of aryl methyl sites for hydroxylation is 3. The van der Waals surface area contributed by atoms with Crippen molar-refractivity contribution >= 4 is 23.0 Å². The van der Waals surface area contributed by atoms with Crippen molar-refractivity contribution < 1.29 is 0 Å². The summed E-state index contributed by atoms with van der Waals surface area (Å²) in [5.41, 5.74) is 6.36. The molecule has 0 fully saturated rings. The van der Waals surface area contributed by atoms with E-state index < -0.39 is 0 Å². The molecule has 1 aromatic carbocycles. The van der Waals surface area contributed by atoms with E-state index in [1.807, 2.05) is 31.3 Å². The molecule has 7 heteroatoms. The van der Waals surface area contributed by atoms with E-state index in [9.17, 15) is 0 Å². The van der Waals surface area contributed by atoms with Crippen LogP contribution in [0, 0.1) is 20.8 Å². The highest BCUT2D eigenvalue weighted by Gasteiger charge is 2.12. The Bertz CT molecular complexity index is 1140. The summed E-state index contributed by atoms with van der Waals surface area (Å²) >= 11 is 1.67. The Kier molecular flexibility index (Phi) is 6.64. The van der Waals surface area contributed by atoms with Crippen LogP contribution in [0.3, 0.4) is 0 Å². The van der Waals surface area contributed by atoms with Crippen LogP contribution in [0.1, 0.15) is 27.4 Å². The Morgan fingerprint density at radius 3 is 2.52 bits per heavy atom. The van der Waals surface area contributed by atoms with Crippen molar-refractivity contribution in [3.05, 3.63) is 82.3 Å². The highest BCUT2D eigenvalue weighted by molar-refractivity contribution is 7.15. The van der Waals surface area contributed by atoms with Gasteiger partial charge in [-0.3, -0.25) is 4.98 Å². The predicted molar refractivity (Wildman–Crippen MR) is 127 cm³/mol. The zero-order chi connectivity index (χ0) is 21.6. The predicted octanol–water partition coefficient (Wildman–Crippen LogP) is 5.00. The van der Waals surface area contributed by atoms with Gasteiger partial charge in [0, 0.05) is 48.2 Å². The van der Waals surface area contributed by atoms with Gasteiger partial charge in [-0.1, -0.05) is 12.1 Å². The number of nitrogens with one attached hydrogen (secondary N) is 2. The Labute approximate surface area is 186 Å². The van der Waals surface area contributed by atoms with Gasteiger partial charge in [-0.05, 0) is 62.2 Å². The summed E-state index contributed by atoms with van der Waals surface area (Å²) in [6.07, 6.45) is 4.51. The van der Waals surface area contributed by atoms with Gasteiger partial charge in [0.15, 0.2) is 0 Å². The molecule has 4 rings (SSSR count). The van der Waals surface area contributed by atoms with E-state index in [1.165, 1.54) is 16.0 Å². The summed E-state index contributed by atoms with van der Waals surface area (Å²) in [6.45, 7) is 7.88. The molecule has 3 heterocycles. The van der Waals surface area contributed by atoms with Gasteiger partial charge < -0.3 is 10.6 Å². The molecule has 0 aliphatic rings. The van der Waals surface area contributed by atoms with E-state index in [0.717, 1.165) is 47.3 Å². The second kappa shape index (κ2) is 9.76. The number of anilines is 2. The van der Waals surface area contributed by atoms with Crippen LogP contribution >= 0.6 is 11.3 Å². The van der Waals surface area contributed by atoms with Crippen molar-refractivity contribution in [3.8, 4) is 10.7 Å². The first-order valence-corrected chi connectivity index (χ1v) is 11.1. The first kappa shape index (κ1) is 21.1. The summed E-state index contributed by atoms with van der Waals surface area (Å²) in [5.74, 6) is 0.574. The SMILES string of the molecule is Cc1cc(C)cc(Nc2nccc(-c3nc(C)c(CNCCc4ccccn4)s3)n2)c1. The molecule has 0 unspecified atom stereocenters. The first-order valence-electron chi connectivity index (χ1n) is 10.3. The Hall–Kier alpha value is -3.16. The van der Waals surface area contributed by atoms with Crippen molar-refractivity contribution in [2.45, 2.75) is 33.7 Å². The lowest BCUT2D eigenvalue weighted by Crippen LogP contribution is -2.16. The van der Waals surface area contributed by atoms with Gasteiger partial charge in [-0.15, -0.1) is 11.3 Å². The molecule has 0 saturated carbocycles. The Morgan fingerprint density at radius 1 is 0.903 bits per heavy atom. The maximum absolute atomic E-state index is 4.74. The molecule has 3 aromatic heterocycles. The number of benzene rings is 1. The fraction of sp³-hybridized carbons (Fsp3) is 0.250. The molecule has 2 N–H and O–H groups in total. The first-order chi connectivity index (χ1) is 15.1. The lowest BCUT2D eigenvalue weighted by Gasteiger charge is -2.07. The average molecular weight is 431 g/mol. The molecule has 0 spiro atoms. The van der Waals surface area contributed by atoms with Crippen molar-refractivity contribution in [3.63, 3.8) is 0 Å². The molecular formula is C24H26N6S. The van der Waals surface area contributed by atoms with Crippen LogP contribution in [0.4, 0.5) is 11.6 Å². The summed E-state index contributed by atoms with van der Waals surface area (Å²) < 4.78 is 0. The van der Waals surface area contributed by atoms with Gasteiger partial charge >= 0.3 is 0 Å². The highest BCUT2D eigenvalue weighted by Crippen LogP contribution is 2.27. The molecule has 0 bridgehead atoms. The van der Waals surface area contributed by atoms with Gasteiger partial charge in [0.25, 0.3) is 0 Å². The summed E-state index contributed by atoms with van der Waals surface area (Å²) in [7, 11) is 0. The van der Waals surface area contributed by atoms with Crippen LogP contribution in [-0.2, 0) is 13.0 Å². The number of hydrogen-bond donors (Lipinski definition) is 2. The number of hydrogen-bond acceptors (Lipinski definition) is 7. The quantitative estimate of drug-likeness (QED) is 0.383. The van der Waals surface area contributed by atoms with Crippen LogP contribution in [0.15, 0.2) is 54.9 Å². The molecule has 158 valence electrons. The summed E-state index contributed by atoms with van der Waals surface area (Å²) in [4.78, 5) is 19.4. The van der Waals surface area contributed by atoms with E-state index >= 15 is 0 Å². The maximum atomic E-state index is 4.74. The molecule has 31 heavy (non-hydrogen) atoms. The van der Waals surface area contributed by atoms with E-state index in [0.29, 0.717) is 5.95 Å². The maximum Gasteiger partial charge on any atom is 0.227 e.